The number of nitrogens with zero attached hydrogens (tertiary/aromatic N) is 1. The molecule has 5 heteroatoms. The minimum atomic E-state index is 0.0744. The van der Waals surface area contributed by atoms with Crippen molar-refractivity contribution in [1.82, 2.24) is 4.98 Å². The molecule has 0 saturated heterocycles. The number of Topliss-reactive ketones (excluding diaryl/α,β-unsaturated/α-hetero) is 1. The molecule has 0 unspecified atom stereocenters. The average Bonchev–Trinajstić information content (AvgIpc) is 2.45. The molecule has 1 rings (SSSR count). The summed E-state index contributed by atoms with van der Waals surface area (Å²) in [5.74, 6) is 0.446. The summed E-state index contributed by atoms with van der Waals surface area (Å²) in [7, 11) is 0. The number of hydrogen-bond acceptors (Lipinski definition) is 5. The van der Waals surface area contributed by atoms with E-state index in [4.69, 9.17) is 5.73 Å². The molecule has 12 heavy (non-hydrogen) atoms. The maximum Gasteiger partial charge on any atom is 0.176 e. The van der Waals surface area contributed by atoms with Crippen molar-refractivity contribution >= 4 is 34.7 Å². The fourth-order valence-electron chi connectivity index (χ4n) is 0.759. The second-order valence-electron chi connectivity index (χ2n) is 2.17. The van der Waals surface area contributed by atoms with Crippen LogP contribution in [-0.2, 0) is 0 Å². The van der Waals surface area contributed by atoms with Crippen molar-refractivity contribution in [1.29, 1.82) is 0 Å². The summed E-state index contributed by atoms with van der Waals surface area (Å²) in [5.41, 5.74) is 5.56. The highest BCUT2D eigenvalue weighted by molar-refractivity contribution is 8.00. The normalized spacial score (nSPS) is 10.2. The van der Waals surface area contributed by atoms with Crippen molar-refractivity contribution < 1.29 is 4.79 Å². The van der Waals surface area contributed by atoms with E-state index in [1.165, 1.54) is 23.1 Å². The van der Waals surface area contributed by atoms with Crippen LogP contribution in [0.2, 0.25) is 0 Å². The second-order valence-corrected chi connectivity index (χ2v) is 4.23. The molecule has 3 nitrogen and oxygen atoms in total. The highest BCUT2D eigenvalue weighted by Crippen LogP contribution is 2.27. The van der Waals surface area contributed by atoms with Gasteiger partial charge in [0.2, 0.25) is 0 Å². The molecule has 1 aromatic rings. The largest absolute Gasteiger partial charge is 0.382 e. The number of thioether (sulfide) groups is 1. The number of rotatable bonds is 3. The predicted octanol–water partition coefficient (Wildman–Crippen LogP) is 2.04. The number of hydrogen-bond donors (Lipinski definition) is 1. The summed E-state index contributed by atoms with van der Waals surface area (Å²) in [6.45, 7) is 1.82. The molecule has 0 saturated carbocycles. The number of nitrogens with two attached hydrogens (primary N) is 1. The molecule has 0 aliphatic carbocycles. The van der Waals surface area contributed by atoms with E-state index in [-0.39, 0.29) is 5.78 Å². The molecular weight excluding hydrogens is 192 g/mol. The lowest BCUT2D eigenvalue weighted by molar-refractivity contribution is 0.0992. The van der Waals surface area contributed by atoms with Crippen molar-refractivity contribution in [3.05, 3.63) is 4.88 Å². The Bertz CT molecular complexity index is 296. The first kappa shape index (κ1) is 9.54. The monoisotopic (exact) mass is 202 g/mol. The molecule has 0 bridgehead atoms. The SMILES string of the molecule is CCC(=O)c1sc(SC)nc1N. The van der Waals surface area contributed by atoms with Crippen LogP contribution in [0.4, 0.5) is 5.82 Å². The van der Waals surface area contributed by atoms with Crippen LogP contribution < -0.4 is 5.73 Å². The first-order valence-electron chi connectivity index (χ1n) is 3.52. The molecule has 0 aromatic carbocycles. The molecule has 2 N–H and O–H groups in total. The lowest BCUT2D eigenvalue weighted by Gasteiger charge is -1.90. The fourth-order valence-corrected chi connectivity index (χ4v) is 2.26. The van der Waals surface area contributed by atoms with Gasteiger partial charge in [-0.1, -0.05) is 18.7 Å². The van der Waals surface area contributed by atoms with Crippen LogP contribution in [0.3, 0.4) is 0 Å². The molecule has 0 radical (unpaired) electrons. The Balaban J connectivity index is 2.99. The van der Waals surface area contributed by atoms with Crippen molar-refractivity contribution in [3.8, 4) is 0 Å². The van der Waals surface area contributed by atoms with E-state index in [1.807, 2.05) is 13.2 Å². The van der Waals surface area contributed by atoms with Gasteiger partial charge in [-0.2, -0.15) is 0 Å². The molecule has 0 spiro atoms. The van der Waals surface area contributed by atoms with Crippen molar-refractivity contribution in [2.24, 2.45) is 0 Å². The molecule has 0 atom stereocenters. The van der Waals surface area contributed by atoms with Gasteiger partial charge in [0.25, 0.3) is 0 Å². The summed E-state index contributed by atoms with van der Waals surface area (Å²) >= 11 is 2.88. The number of ketones is 1. The van der Waals surface area contributed by atoms with E-state index in [1.54, 1.807) is 0 Å². The van der Waals surface area contributed by atoms with Crippen LogP contribution in [0.25, 0.3) is 0 Å². The number of thiazole rings is 1. The summed E-state index contributed by atoms with van der Waals surface area (Å²) in [6, 6.07) is 0. The van der Waals surface area contributed by atoms with Crippen LogP contribution in [0.1, 0.15) is 23.0 Å². The Morgan fingerprint density at radius 3 is 2.83 bits per heavy atom. The van der Waals surface area contributed by atoms with Gasteiger partial charge < -0.3 is 5.73 Å². The highest BCUT2D eigenvalue weighted by Gasteiger charge is 2.13. The van der Waals surface area contributed by atoms with Crippen molar-refractivity contribution in [2.75, 3.05) is 12.0 Å². The Morgan fingerprint density at radius 2 is 2.42 bits per heavy atom. The highest BCUT2D eigenvalue weighted by atomic mass is 32.2. The Kier molecular flexibility index (Phi) is 3.11. The smallest absolute Gasteiger partial charge is 0.176 e. The number of carbonyl (C=O) groups excluding carboxylic acids is 1. The van der Waals surface area contributed by atoms with E-state index in [9.17, 15) is 4.79 Å². The summed E-state index contributed by atoms with van der Waals surface area (Å²) in [5, 5.41) is 0. The lowest BCUT2D eigenvalue weighted by Crippen LogP contribution is -1.98. The van der Waals surface area contributed by atoms with Crippen LogP contribution in [0, 0.1) is 0 Å². The summed E-state index contributed by atoms with van der Waals surface area (Å²) < 4.78 is 0.851. The second kappa shape index (κ2) is 3.91. The van der Waals surface area contributed by atoms with Gasteiger partial charge in [-0.25, -0.2) is 4.98 Å². The molecule has 66 valence electrons. The van der Waals surface area contributed by atoms with Gasteiger partial charge in [0.05, 0.1) is 0 Å². The first-order chi connectivity index (χ1) is 5.69. The zero-order valence-electron chi connectivity index (χ0n) is 6.96. The van der Waals surface area contributed by atoms with E-state index in [0.717, 1.165) is 4.34 Å². The third-order valence-corrected chi connectivity index (χ3v) is 3.48. The van der Waals surface area contributed by atoms with Gasteiger partial charge in [-0.15, -0.1) is 11.3 Å². The molecule has 0 aliphatic heterocycles. The molecule has 1 aromatic heterocycles. The van der Waals surface area contributed by atoms with E-state index in [0.29, 0.717) is 17.1 Å². The van der Waals surface area contributed by atoms with Crippen LogP contribution in [-0.4, -0.2) is 17.0 Å². The van der Waals surface area contributed by atoms with Gasteiger partial charge in [-0.3, -0.25) is 4.79 Å². The third kappa shape index (κ3) is 1.78. The molecule has 0 fully saturated rings. The number of anilines is 1. The van der Waals surface area contributed by atoms with Gasteiger partial charge in [0.1, 0.15) is 10.7 Å². The third-order valence-electron chi connectivity index (χ3n) is 1.38. The minimum Gasteiger partial charge on any atom is -0.382 e. The minimum absolute atomic E-state index is 0.0744. The topological polar surface area (TPSA) is 56.0 Å². The Hall–Kier alpha value is -0.550. The molecular formula is C7H10N2OS2. The first-order valence-corrected chi connectivity index (χ1v) is 5.56. The van der Waals surface area contributed by atoms with E-state index >= 15 is 0 Å². The van der Waals surface area contributed by atoms with E-state index < -0.39 is 0 Å². The maximum atomic E-state index is 11.2. The van der Waals surface area contributed by atoms with Crippen LogP contribution >= 0.6 is 23.1 Å². The van der Waals surface area contributed by atoms with Gasteiger partial charge in [0, 0.05) is 6.42 Å². The quantitative estimate of drug-likeness (QED) is 0.602. The van der Waals surface area contributed by atoms with E-state index in [2.05, 4.69) is 4.98 Å². The lowest BCUT2D eigenvalue weighted by atomic mass is 10.3. The van der Waals surface area contributed by atoms with Crippen molar-refractivity contribution in [2.45, 2.75) is 17.7 Å². The predicted molar refractivity (Wildman–Crippen MR) is 52.9 cm³/mol. The molecule has 0 amide bonds. The van der Waals surface area contributed by atoms with Crippen molar-refractivity contribution in [3.63, 3.8) is 0 Å². The number of carbonyl (C=O) groups is 1. The maximum absolute atomic E-state index is 11.2. The zero-order valence-corrected chi connectivity index (χ0v) is 8.59. The Morgan fingerprint density at radius 1 is 1.75 bits per heavy atom. The zero-order chi connectivity index (χ0) is 9.14. The number of nitrogen functional groups attached to an aromatic ring is 1. The fraction of sp³-hybridized carbons (Fsp3) is 0.429. The summed E-state index contributed by atoms with van der Waals surface area (Å²) in [4.78, 5) is 15.9. The van der Waals surface area contributed by atoms with Gasteiger partial charge >= 0.3 is 0 Å². The standard InChI is InChI=1S/C7H10N2OS2/c1-3-4(10)5-6(8)9-7(11-2)12-5/h3,8H2,1-2H3. The average molecular weight is 202 g/mol. The van der Waals surface area contributed by atoms with Crippen LogP contribution in [0.15, 0.2) is 4.34 Å². The van der Waals surface area contributed by atoms with Crippen LogP contribution in [0.5, 0.6) is 0 Å². The van der Waals surface area contributed by atoms with Gasteiger partial charge in [-0.05, 0) is 6.26 Å². The summed E-state index contributed by atoms with van der Waals surface area (Å²) in [6.07, 6.45) is 2.40. The molecule has 0 aliphatic rings. The molecule has 1 heterocycles. The van der Waals surface area contributed by atoms with Gasteiger partial charge in [0.15, 0.2) is 10.1 Å². The number of aromatic nitrogens is 1. The Labute approximate surface area is 79.4 Å².